The molecule has 0 aromatic heterocycles. The monoisotopic (exact) mass is 206 g/mol. The summed E-state index contributed by atoms with van der Waals surface area (Å²) in [5, 5.41) is 2.84. The highest BCUT2D eigenvalue weighted by Crippen LogP contribution is 2.63. The lowest BCUT2D eigenvalue weighted by Crippen LogP contribution is -2.33. The maximum atomic E-state index is 2.50. The van der Waals surface area contributed by atoms with Gasteiger partial charge in [0, 0.05) is 5.41 Å². The fraction of sp³-hybridized carbons (Fsp3) is 0.250. The van der Waals surface area contributed by atoms with E-state index in [4.69, 9.17) is 0 Å². The zero-order chi connectivity index (χ0) is 10.8. The van der Waals surface area contributed by atoms with E-state index in [0.29, 0.717) is 5.41 Å². The average molecular weight is 206 g/mol. The molecule has 78 valence electrons. The number of fused-ring (bicyclic) bond motifs is 1. The number of hydrogen-bond donors (Lipinski definition) is 0. The highest BCUT2D eigenvalue weighted by atomic mass is 14.6. The maximum Gasteiger partial charge on any atom is 0.0213 e. The minimum atomic E-state index is 0.368. The molecular formula is C16H14. The number of allylic oxidation sites excluding steroid dienone is 4. The molecule has 3 aliphatic rings. The van der Waals surface area contributed by atoms with Gasteiger partial charge in [-0.25, -0.2) is 0 Å². The summed E-state index contributed by atoms with van der Waals surface area (Å²) in [6.07, 6.45) is 10.7. The Balaban J connectivity index is 2.16. The van der Waals surface area contributed by atoms with E-state index < -0.39 is 0 Å². The van der Waals surface area contributed by atoms with Crippen molar-refractivity contribution in [3.05, 3.63) is 58.5 Å². The second kappa shape index (κ2) is 2.57. The van der Waals surface area contributed by atoms with Crippen LogP contribution in [0.15, 0.2) is 48.1 Å². The van der Waals surface area contributed by atoms with Crippen molar-refractivity contribution in [2.45, 2.75) is 13.3 Å². The normalized spacial score (nSPS) is 33.2. The Morgan fingerprint density at radius 2 is 2.12 bits per heavy atom. The standard InChI is InChI=1S/C16H14/c1-11-14-7-3-2-5-12(14)9-16-10-13(16)6-4-8-15(11)16/h2-9,13H,10H2,1H3. The van der Waals surface area contributed by atoms with Gasteiger partial charge in [0.05, 0.1) is 0 Å². The van der Waals surface area contributed by atoms with Crippen molar-refractivity contribution < 1.29 is 0 Å². The number of benzene rings is 1. The van der Waals surface area contributed by atoms with E-state index in [1.165, 1.54) is 22.4 Å². The van der Waals surface area contributed by atoms with Crippen LogP contribution in [-0.4, -0.2) is 0 Å². The highest BCUT2D eigenvalue weighted by molar-refractivity contribution is 5.77. The van der Waals surface area contributed by atoms with Gasteiger partial charge in [-0.3, -0.25) is 0 Å². The molecule has 2 unspecified atom stereocenters. The largest absolute Gasteiger partial charge is 0.0802 e. The summed E-state index contributed by atoms with van der Waals surface area (Å²) in [5.74, 6) is 0.760. The van der Waals surface area contributed by atoms with Crippen LogP contribution in [0.2, 0.25) is 0 Å². The summed E-state index contributed by atoms with van der Waals surface area (Å²) in [6.45, 7) is 2.27. The summed E-state index contributed by atoms with van der Waals surface area (Å²) >= 11 is 0. The molecule has 1 spiro atoms. The lowest BCUT2D eigenvalue weighted by Gasteiger charge is -2.24. The minimum absolute atomic E-state index is 0.368. The van der Waals surface area contributed by atoms with Crippen molar-refractivity contribution in [1.82, 2.24) is 0 Å². The second-order valence-corrected chi connectivity index (χ2v) is 5.17. The van der Waals surface area contributed by atoms with Crippen molar-refractivity contribution in [3.63, 3.8) is 0 Å². The summed E-state index contributed by atoms with van der Waals surface area (Å²) < 4.78 is 0. The van der Waals surface area contributed by atoms with Gasteiger partial charge in [0.25, 0.3) is 0 Å². The van der Waals surface area contributed by atoms with Crippen molar-refractivity contribution in [1.29, 1.82) is 0 Å². The van der Waals surface area contributed by atoms with Crippen molar-refractivity contribution in [2.24, 2.45) is 11.3 Å². The van der Waals surface area contributed by atoms with Gasteiger partial charge in [0.15, 0.2) is 0 Å². The second-order valence-electron chi connectivity index (χ2n) is 5.17. The topological polar surface area (TPSA) is 0 Å². The van der Waals surface area contributed by atoms with E-state index in [1.807, 2.05) is 0 Å². The van der Waals surface area contributed by atoms with Gasteiger partial charge in [-0.05, 0) is 40.8 Å². The van der Waals surface area contributed by atoms with Gasteiger partial charge >= 0.3 is 0 Å². The van der Waals surface area contributed by atoms with Crippen LogP contribution in [0, 0.1) is 11.3 Å². The van der Waals surface area contributed by atoms with Gasteiger partial charge in [0.2, 0.25) is 0 Å². The minimum Gasteiger partial charge on any atom is -0.0802 e. The Morgan fingerprint density at radius 3 is 3.06 bits per heavy atom. The van der Waals surface area contributed by atoms with E-state index in [-0.39, 0.29) is 0 Å². The Hall–Kier alpha value is -1.56. The molecule has 1 fully saturated rings. The Labute approximate surface area is 95.3 Å². The number of rotatable bonds is 0. The van der Waals surface area contributed by atoms with E-state index in [9.17, 15) is 0 Å². The summed E-state index contributed by atoms with van der Waals surface area (Å²) in [6, 6.07) is 8.77. The molecule has 0 heterocycles. The summed E-state index contributed by atoms with van der Waals surface area (Å²) in [5.41, 5.74) is 3.40. The molecule has 0 N–H and O–H groups in total. The van der Waals surface area contributed by atoms with Crippen molar-refractivity contribution in [2.75, 3.05) is 0 Å². The van der Waals surface area contributed by atoms with E-state index in [1.54, 1.807) is 5.57 Å². The predicted octanol–water partition coefficient (Wildman–Crippen LogP) is 2.15. The molecule has 1 saturated carbocycles. The summed E-state index contributed by atoms with van der Waals surface area (Å²) in [7, 11) is 0. The molecule has 0 amide bonds. The smallest absolute Gasteiger partial charge is 0.0213 e. The lowest BCUT2D eigenvalue weighted by molar-refractivity contribution is 0.783. The molecule has 2 atom stereocenters. The first kappa shape index (κ1) is 8.58. The third kappa shape index (κ3) is 0.863. The van der Waals surface area contributed by atoms with Crippen LogP contribution in [0.3, 0.4) is 0 Å². The Bertz CT molecular complexity index is 658. The van der Waals surface area contributed by atoms with E-state index >= 15 is 0 Å². The van der Waals surface area contributed by atoms with Gasteiger partial charge in [0.1, 0.15) is 0 Å². The van der Waals surface area contributed by atoms with Crippen molar-refractivity contribution >= 4 is 11.6 Å². The lowest BCUT2D eigenvalue weighted by atomic mass is 9.80. The molecule has 0 radical (unpaired) electrons. The van der Waals surface area contributed by atoms with Crippen LogP contribution in [0.4, 0.5) is 0 Å². The Morgan fingerprint density at radius 1 is 1.25 bits per heavy atom. The SMILES string of the molecule is CC1=c2ccccc2=CC23CC2C=CC=C13. The van der Waals surface area contributed by atoms with Crippen LogP contribution >= 0.6 is 0 Å². The first-order valence-corrected chi connectivity index (χ1v) is 5.99. The molecule has 0 nitrogen and oxygen atoms in total. The quantitative estimate of drug-likeness (QED) is 0.610. The molecule has 0 bridgehead atoms. The van der Waals surface area contributed by atoms with Crippen LogP contribution in [0.5, 0.6) is 0 Å². The molecule has 1 aromatic rings. The van der Waals surface area contributed by atoms with Gasteiger partial charge < -0.3 is 0 Å². The first-order valence-electron chi connectivity index (χ1n) is 5.99. The zero-order valence-electron chi connectivity index (χ0n) is 9.40. The van der Waals surface area contributed by atoms with Crippen LogP contribution in [-0.2, 0) is 0 Å². The maximum absolute atomic E-state index is 2.50. The fourth-order valence-electron chi connectivity index (χ4n) is 3.40. The van der Waals surface area contributed by atoms with Crippen LogP contribution < -0.4 is 10.4 Å². The zero-order valence-corrected chi connectivity index (χ0v) is 9.40. The van der Waals surface area contributed by atoms with Crippen molar-refractivity contribution in [3.8, 4) is 0 Å². The van der Waals surface area contributed by atoms with Crippen LogP contribution in [0.1, 0.15) is 13.3 Å². The molecule has 4 rings (SSSR count). The molecule has 0 heteroatoms. The molecule has 0 saturated heterocycles. The fourth-order valence-corrected chi connectivity index (χ4v) is 3.40. The van der Waals surface area contributed by atoms with Crippen LogP contribution in [0.25, 0.3) is 11.6 Å². The Kier molecular flexibility index (Phi) is 1.38. The first-order chi connectivity index (χ1) is 7.81. The number of hydrogen-bond acceptors (Lipinski definition) is 0. The third-order valence-electron chi connectivity index (χ3n) is 4.35. The summed E-state index contributed by atoms with van der Waals surface area (Å²) in [4.78, 5) is 0. The molecular weight excluding hydrogens is 192 g/mol. The van der Waals surface area contributed by atoms with E-state index in [0.717, 1.165) is 5.92 Å². The molecule has 0 aliphatic heterocycles. The predicted molar refractivity (Wildman–Crippen MR) is 67.0 cm³/mol. The van der Waals surface area contributed by atoms with E-state index in [2.05, 4.69) is 55.5 Å². The average Bonchev–Trinajstić information content (AvgIpc) is 3.01. The van der Waals surface area contributed by atoms with Gasteiger partial charge in [-0.1, -0.05) is 48.6 Å². The van der Waals surface area contributed by atoms with Gasteiger partial charge in [-0.2, -0.15) is 0 Å². The van der Waals surface area contributed by atoms with Gasteiger partial charge in [-0.15, -0.1) is 0 Å². The molecule has 16 heavy (non-hydrogen) atoms. The third-order valence-corrected chi connectivity index (χ3v) is 4.35. The molecule has 1 aromatic carbocycles. The molecule has 3 aliphatic carbocycles. The highest BCUT2D eigenvalue weighted by Gasteiger charge is 2.55.